The molecule has 28 heavy (non-hydrogen) atoms. The highest BCUT2D eigenvalue weighted by Gasteiger charge is 2.67. The zero-order valence-electron chi connectivity index (χ0n) is 15.0. The first-order valence-electron chi connectivity index (χ1n) is 8.86. The second kappa shape index (κ2) is 6.37. The van der Waals surface area contributed by atoms with E-state index in [2.05, 4.69) is 12.1 Å². The summed E-state index contributed by atoms with van der Waals surface area (Å²) in [6, 6.07) is 13.1. The third-order valence-corrected chi connectivity index (χ3v) is 5.84. The van der Waals surface area contributed by atoms with Gasteiger partial charge in [0.25, 0.3) is 0 Å². The summed E-state index contributed by atoms with van der Waals surface area (Å²) >= 11 is 0. The van der Waals surface area contributed by atoms with Gasteiger partial charge in [-0.2, -0.15) is 10.5 Å². The first-order valence-corrected chi connectivity index (χ1v) is 8.86. The largest absolute Gasteiger partial charge is 0.293 e. The Balaban J connectivity index is 2.03. The summed E-state index contributed by atoms with van der Waals surface area (Å²) < 4.78 is 28.2. The monoisotopic (exact) mass is 376 g/mol. The van der Waals surface area contributed by atoms with Gasteiger partial charge in [-0.05, 0) is 17.7 Å². The number of Topliss-reactive ketones (excluding diaryl/α,β-unsaturated/α-hetero) is 1. The summed E-state index contributed by atoms with van der Waals surface area (Å²) in [6.07, 6.45) is 3.62. The van der Waals surface area contributed by atoms with E-state index in [9.17, 15) is 24.1 Å². The Kier molecular flexibility index (Phi) is 4.10. The Labute approximate surface area is 160 Å². The van der Waals surface area contributed by atoms with Crippen molar-refractivity contribution in [1.82, 2.24) is 0 Å². The summed E-state index contributed by atoms with van der Waals surface area (Å²) in [5, 5.41) is 20.3. The molecule has 4 rings (SSSR count). The number of rotatable bonds is 2. The second-order valence-electron chi connectivity index (χ2n) is 7.22. The van der Waals surface area contributed by atoms with Crippen LogP contribution in [0.25, 0.3) is 6.08 Å². The SMILES string of the molecule is CC(=O)[C@H]1[C@H](c2ccc(F)cc2F)C(C#N)(C#N)[C@@H]2c3ccccc3C=C[NH+]21. The van der Waals surface area contributed by atoms with E-state index in [-0.39, 0.29) is 11.3 Å². The summed E-state index contributed by atoms with van der Waals surface area (Å²) in [5.74, 6) is -2.90. The molecule has 2 aromatic rings. The number of nitrogens with zero attached hydrogens (tertiary/aromatic N) is 2. The van der Waals surface area contributed by atoms with Crippen LogP contribution in [0.5, 0.6) is 0 Å². The number of carbonyl (C=O) groups excluding carboxylic acids is 1. The van der Waals surface area contributed by atoms with E-state index in [0.29, 0.717) is 4.90 Å². The van der Waals surface area contributed by atoms with Gasteiger partial charge in [0.2, 0.25) is 5.41 Å². The number of benzene rings is 2. The minimum atomic E-state index is -1.69. The van der Waals surface area contributed by atoms with Crippen molar-refractivity contribution in [3.63, 3.8) is 0 Å². The molecule has 4 atom stereocenters. The van der Waals surface area contributed by atoms with Crippen molar-refractivity contribution in [3.8, 4) is 12.1 Å². The number of nitrogens with one attached hydrogen (secondary N) is 1. The highest BCUT2D eigenvalue weighted by Crippen LogP contribution is 2.51. The van der Waals surface area contributed by atoms with Gasteiger partial charge in [0.05, 0.1) is 24.3 Å². The van der Waals surface area contributed by atoms with Gasteiger partial charge in [-0.15, -0.1) is 0 Å². The fourth-order valence-corrected chi connectivity index (χ4v) is 4.75. The molecule has 0 amide bonds. The molecule has 1 fully saturated rings. The number of quaternary nitrogens is 1. The van der Waals surface area contributed by atoms with Crippen LogP contribution in [0.4, 0.5) is 8.78 Å². The van der Waals surface area contributed by atoms with E-state index in [4.69, 9.17) is 0 Å². The van der Waals surface area contributed by atoms with Crippen molar-refractivity contribution in [2.45, 2.75) is 24.9 Å². The van der Waals surface area contributed by atoms with Crippen LogP contribution in [-0.2, 0) is 4.79 Å². The molecular formula is C22H16F2N3O+. The number of nitriles is 2. The van der Waals surface area contributed by atoms with Gasteiger partial charge in [0.15, 0.2) is 17.9 Å². The first-order chi connectivity index (χ1) is 13.4. The maximum Gasteiger partial charge on any atom is 0.212 e. The average molecular weight is 376 g/mol. The summed E-state index contributed by atoms with van der Waals surface area (Å²) in [5.41, 5.74) is -0.0592. The molecule has 0 spiro atoms. The Morgan fingerprint density at radius 3 is 2.46 bits per heavy atom. The highest BCUT2D eigenvalue weighted by molar-refractivity contribution is 5.82. The lowest BCUT2D eigenvalue weighted by Gasteiger charge is -2.29. The Morgan fingerprint density at radius 1 is 1.11 bits per heavy atom. The van der Waals surface area contributed by atoms with E-state index in [1.807, 2.05) is 30.3 Å². The number of carbonyl (C=O) groups is 1. The average Bonchev–Trinajstić information content (AvgIpc) is 2.99. The Bertz CT molecular complexity index is 1080. The molecule has 2 aromatic carbocycles. The lowest BCUT2D eigenvalue weighted by Crippen LogP contribution is -3.11. The smallest absolute Gasteiger partial charge is 0.212 e. The zero-order chi connectivity index (χ0) is 20.1. The van der Waals surface area contributed by atoms with Gasteiger partial charge in [-0.1, -0.05) is 30.3 Å². The highest BCUT2D eigenvalue weighted by atomic mass is 19.1. The molecule has 0 aromatic heterocycles. The molecule has 0 saturated carbocycles. The number of halogens is 2. The molecule has 0 radical (unpaired) electrons. The standard InChI is InChI=1S/C22H15F2N3O/c1-13(28)20-19(17-7-6-15(23)10-18(17)24)22(11-25,12-26)21-16-5-3-2-4-14(16)8-9-27(20)21/h2-10,19-21H,1H3/p+1/t19-,20-,21-/m0/s1. The van der Waals surface area contributed by atoms with Crippen LogP contribution in [0, 0.1) is 39.7 Å². The summed E-state index contributed by atoms with van der Waals surface area (Å²) in [4.78, 5) is 13.3. The van der Waals surface area contributed by atoms with Gasteiger partial charge in [-0.25, -0.2) is 8.78 Å². The third kappa shape index (κ3) is 2.32. The lowest BCUT2D eigenvalue weighted by atomic mass is 9.67. The first kappa shape index (κ1) is 18.0. The zero-order valence-corrected chi connectivity index (χ0v) is 15.0. The van der Waals surface area contributed by atoms with Crippen molar-refractivity contribution in [2.24, 2.45) is 5.41 Å². The van der Waals surface area contributed by atoms with Crippen LogP contribution in [-0.4, -0.2) is 11.8 Å². The fourth-order valence-electron chi connectivity index (χ4n) is 4.75. The summed E-state index contributed by atoms with van der Waals surface area (Å²) in [7, 11) is 0. The van der Waals surface area contributed by atoms with E-state index in [1.54, 1.807) is 6.20 Å². The minimum absolute atomic E-state index is 0.0116. The van der Waals surface area contributed by atoms with E-state index in [1.165, 1.54) is 13.0 Å². The van der Waals surface area contributed by atoms with Crippen LogP contribution in [0.1, 0.15) is 35.6 Å². The molecule has 6 heteroatoms. The molecule has 2 aliphatic rings. The molecule has 2 aliphatic heterocycles. The molecule has 0 aliphatic carbocycles. The van der Waals surface area contributed by atoms with Crippen LogP contribution in [0.3, 0.4) is 0 Å². The lowest BCUT2D eigenvalue weighted by molar-refractivity contribution is -0.885. The quantitative estimate of drug-likeness (QED) is 0.876. The number of hydrogen-bond donors (Lipinski definition) is 1. The summed E-state index contributed by atoms with van der Waals surface area (Å²) in [6.45, 7) is 1.38. The van der Waals surface area contributed by atoms with Gasteiger partial charge in [0, 0.05) is 24.1 Å². The Morgan fingerprint density at radius 2 is 1.82 bits per heavy atom. The Hall–Kier alpha value is -3.35. The molecule has 4 nitrogen and oxygen atoms in total. The maximum atomic E-state index is 14.7. The van der Waals surface area contributed by atoms with E-state index in [0.717, 1.165) is 23.3 Å². The van der Waals surface area contributed by atoms with Gasteiger partial charge >= 0.3 is 0 Å². The van der Waals surface area contributed by atoms with E-state index >= 15 is 0 Å². The topological polar surface area (TPSA) is 69.1 Å². The molecule has 138 valence electrons. The maximum absolute atomic E-state index is 14.7. The predicted molar refractivity (Wildman–Crippen MR) is 96.4 cm³/mol. The fraction of sp³-hybridized carbons (Fsp3) is 0.227. The van der Waals surface area contributed by atoms with Gasteiger partial charge < -0.3 is 0 Å². The van der Waals surface area contributed by atoms with Crippen LogP contribution >= 0.6 is 0 Å². The third-order valence-electron chi connectivity index (χ3n) is 5.84. The molecule has 1 saturated heterocycles. The van der Waals surface area contributed by atoms with Gasteiger partial charge in [-0.3, -0.25) is 9.69 Å². The van der Waals surface area contributed by atoms with Crippen molar-refractivity contribution in [3.05, 3.63) is 77.0 Å². The molecular weight excluding hydrogens is 360 g/mol. The normalized spacial score (nSPS) is 26.6. The minimum Gasteiger partial charge on any atom is -0.293 e. The molecule has 0 bridgehead atoms. The molecule has 1 N–H and O–H groups in total. The molecule has 1 unspecified atom stereocenters. The van der Waals surface area contributed by atoms with E-state index < -0.39 is 35.1 Å². The number of fused-ring (bicyclic) bond motifs is 3. The predicted octanol–water partition coefficient (Wildman–Crippen LogP) is 2.66. The van der Waals surface area contributed by atoms with Crippen LogP contribution in [0.2, 0.25) is 0 Å². The van der Waals surface area contributed by atoms with Gasteiger partial charge in [0.1, 0.15) is 11.6 Å². The number of hydrogen-bond acceptors (Lipinski definition) is 3. The van der Waals surface area contributed by atoms with Crippen molar-refractivity contribution in [2.75, 3.05) is 0 Å². The van der Waals surface area contributed by atoms with Crippen molar-refractivity contribution in [1.29, 1.82) is 10.5 Å². The van der Waals surface area contributed by atoms with Crippen LogP contribution in [0.15, 0.2) is 48.7 Å². The molecule has 2 heterocycles. The van der Waals surface area contributed by atoms with Crippen molar-refractivity contribution >= 4 is 11.9 Å². The van der Waals surface area contributed by atoms with Crippen LogP contribution < -0.4 is 4.90 Å². The van der Waals surface area contributed by atoms with Crippen molar-refractivity contribution < 1.29 is 18.5 Å². The number of ketones is 1. The second-order valence-corrected chi connectivity index (χ2v) is 7.22.